The number of aliphatic hydroxyl groups is 1. The minimum atomic E-state index is -3.47. The third-order valence-corrected chi connectivity index (χ3v) is 6.91. The number of rotatable bonds is 4. The summed E-state index contributed by atoms with van der Waals surface area (Å²) >= 11 is 0. The lowest BCUT2D eigenvalue weighted by molar-refractivity contribution is -0.187. The first kappa shape index (κ1) is 21.9. The molecule has 2 fully saturated rings. The largest absolute Gasteiger partial charge is 0.386 e. The summed E-state index contributed by atoms with van der Waals surface area (Å²) in [4.78, 5) is 14.7. The van der Waals surface area contributed by atoms with Gasteiger partial charge in [-0.2, -0.15) is 5.10 Å². The molecule has 0 aliphatic carbocycles. The number of nitrogens with one attached hydrogen (secondary N) is 2. The number of hydrogen-bond donors (Lipinski definition) is 3. The van der Waals surface area contributed by atoms with Crippen molar-refractivity contribution >= 4 is 15.9 Å². The van der Waals surface area contributed by atoms with Crippen molar-refractivity contribution in [3.05, 3.63) is 42.1 Å². The topological polar surface area (TPSA) is 125 Å². The number of hydrogen-bond acceptors (Lipinski definition) is 6. The molecule has 1 spiro atoms. The van der Waals surface area contributed by atoms with E-state index in [4.69, 9.17) is 4.74 Å². The number of carbonyl (C=O) groups is 1. The van der Waals surface area contributed by atoms with Gasteiger partial charge < -0.3 is 14.7 Å². The van der Waals surface area contributed by atoms with E-state index in [0.29, 0.717) is 43.7 Å². The molecule has 10 heteroatoms. The van der Waals surface area contributed by atoms with Crippen LogP contribution in [-0.4, -0.2) is 77.7 Å². The molecular formula is C21H28N4O5S. The molecule has 168 valence electrons. The first-order valence-electron chi connectivity index (χ1n) is 10.3. The van der Waals surface area contributed by atoms with Gasteiger partial charge in [-0.05, 0) is 32.3 Å². The SMILES string of the molecule is C[C@]1(O)COC2(CCN(C(=O)c3cc(-c4ccccc4)n[nH]3)CC2)C[C@@H]1NS(C)(=O)=O. The summed E-state index contributed by atoms with van der Waals surface area (Å²) in [6.07, 6.45) is 2.57. The van der Waals surface area contributed by atoms with Gasteiger partial charge in [0.05, 0.1) is 30.2 Å². The number of aromatic amines is 1. The quantitative estimate of drug-likeness (QED) is 0.644. The molecule has 0 saturated carbocycles. The Kier molecular flexibility index (Phi) is 5.67. The number of piperidine rings is 1. The first-order valence-corrected chi connectivity index (χ1v) is 12.2. The lowest BCUT2D eigenvalue weighted by atomic mass is 9.78. The molecule has 1 amide bonds. The van der Waals surface area contributed by atoms with Crippen molar-refractivity contribution in [2.45, 2.75) is 43.4 Å². The monoisotopic (exact) mass is 448 g/mol. The summed E-state index contributed by atoms with van der Waals surface area (Å²) in [7, 11) is -3.47. The van der Waals surface area contributed by atoms with E-state index in [1.165, 1.54) is 0 Å². The fraction of sp³-hybridized carbons (Fsp3) is 0.524. The second-order valence-electron chi connectivity index (χ2n) is 8.80. The Hall–Kier alpha value is -2.27. The van der Waals surface area contributed by atoms with Gasteiger partial charge in [0.1, 0.15) is 11.3 Å². The van der Waals surface area contributed by atoms with E-state index in [-0.39, 0.29) is 12.5 Å². The van der Waals surface area contributed by atoms with E-state index in [1.54, 1.807) is 17.9 Å². The average molecular weight is 449 g/mol. The lowest BCUT2D eigenvalue weighted by Gasteiger charge is -2.50. The Morgan fingerprint density at radius 2 is 1.97 bits per heavy atom. The van der Waals surface area contributed by atoms with Gasteiger partial charge in [0.2, 0.25) is 10.0 Å². The van der Waals surface area contributed by atoms with Crippen LogP contribution in [0.5, 0.6) is 0 Å². The van der Waals surface area contributed by atoms with Gasteiger partial charge in [0.25, 0.3) is 5.91 Å². The molecule has 3 N–H and O–H groups in total. The molecule has 3 heterocycles. The molecule has 2 atom stereocenters. The molecule has 0 bridgehead atoms. The van der Waals surface area contributed by atoms with Crippen molar-refractivity contribution < 1.29 is 23.1 Å². The second-order valence-corrected chi connectivity index (χ2v) is 10.6. The standard InChI is InChI=1S/C21H28N4O5S/c1-20(27)14-30-21(13-18(20)24-31(2,28)29)8-10-25(11-9-21)19(26)17-12-16(22-23-17)15-6-4-3-5-7-15/h3-7,12,18,24,27H,8-11,13-14H2,1-2H3,(H,22,23)/t18-,20-/m0/s1. The number of amides is 1. The van der Waals surface area contributed by atoms with Crippen LogP contribution in [0.15, 0.2) is 36.4 Å². The number of aromatic nitrogens is 2. The Labute approximate surface area is 181 Å². The third-order valence-electron chi connectivity index (χ3n) is 6.19. The van der Waals surface area contributed by atoms with Gasteiger partial charge in [-0.25, -0.2) is 13.1 Å². The number of ether oxygens (including phenoxy) is 1. The smallest absolute Gasteiger partial charge is 0.271 e. The molecule has 0 radical (unpaired) electrons. The van der Waals surface area contributed by atoms with Crippen LogP contribution in [0.2, 0.25) is 0 Å². The number of H-pyrrole nitrogens is 1. The second kappa shape index (κ2) is 8.01. The summed E-state index contributed by atoms with van der Waals surface area (Å²) in [5, 5.41) is 17.7. The van der Waals surface area contributed by atoms with Crippen molar-refractivity contribution in [1.29, 1.82) is 0 Å². The van der Waals surface area contributed by atoms with Crippen LogP contribution in [0, 0.1) is 0 Å². The summed E-state index contributed by atoms with van der Waals surface area (Å²) in [6.45, 7) is 2.57. The molecular weight excluding hydrogens is 420 g/mol. The summed E-state index contributed by atoms with van der Waals surface area (Å²) in [5.74, 6) is -0.127. The van der Waals surface area contributed by atoms with Gasteiger partial charge in [0.15, 0.2) is 0 Å². The van der Waals surface area contributed by atoms with Crippen LogP contribution in [0.1, 0.15) is 36.7 Å². The van der Waals surface area contributed by atoms with Gasteiger partial charge in [-0.1, -0.05) is 30.3 Å². The molecule has 2 aliphatic rings. The van der Waals surface area contributed by atoms with Crippen molar-refractivity contribution in [2.75, 3.05) is 26.0 Å². The third kappa shape index (κ3) is 4.82. The van der Waals surface area contributed by atoms with Gasteiger partial charge in [-0.15, -0.1) is 0 Å². The highest BCUT2D eigenvalue weighted by atomic mass is 32.2. The summed E-state index contributed by atoms with van der Waals surface area (Å²) in [5.41, 5.74) is 0.224. The molecule has 31 heavy (non-hydrogen) atoms. The average Bonchev–Trinajstić information content (AvgIpc) is 3.21. The molecule has 1 aromatic carbocycles. The molecule has 1 aromatic heterocycles. The van der Waals surface area contributed by atoms with Crippen molar-refractivity contribution in [3.63, 3.8) is 0 Å². The van der Waals surface area contributed by atoms with Crippen LogP contribution in [-0.2, 0) is 14.8 Å². The Morgan fingerprint density at radius 3 is 2.61 bits per heavy atom. The van der Waals surface area contributed by atoms with Crippen molar-refractivity contribution in [2.24, 2.45) is 0 Å². The summed E-state index contributed by atoms with van der Waals surface area (Å²) in [6, 6.07) is 10.7. The number of carbonyl (C=O) groups excluding carboxylic acids is 1. The summed E-state index contributed by atoms with van der Waals surface area (Å²) < 4.78 is 32.0. The van der Waals surface area contributed by atoms with Crippen LogP contribution >= 0.6 is 0 Å². The van der Waals surface area contributed by atoms with E-state index < -0.39 is 27.3 Å². The number of nitrogens with zero attached hydrogens (tertiary/aromatic N) is 2. The van der Waals surface area contributed by atoms with Gasteiger partial charge in [0, 0.05) is 18.7 Å². The van der Waals surface area contributed by atoms with E-state index in [0.717, 1.165) is 11.8 Å². The van der Waals surface area contributed by atoms with Crippen LogP contribution in [0.3, 0.4) is 0 Å². The normalized spacial score (nSPS) is 26.2. The van der Waals surface area contributed by atoms with E-state index in [9.17, 15) is 18.3 Å². The molecule has 4 rings (SSSR count). The molecule has 0 unspecified atom stereocenters. The predicted octanol–water partition coefficient (Wildman–Crippen LogP) is 1.14. The Balaban J connectivity index is 1.41. The molecule has 2 saturated heterocycles. The van der Waals surface area contributed by atoms with Crippen LogP contribution in [0.4, 0.5) is 0 Å². The fourth-order valence-electron chi connectivity index (χ4n) is 4.30. The molecule has 2 aromatic rings. The van der Waals surface area contributed by atoms with Crippen molar-refractivity contribution in [3.8, 4) is 11.3 Å². The maximum atomic E-state index is 13.0. The van der Waals surface area contributed by atoms with E-state index in [1.807, 2.05) is 30.3 Å². The lowest BCUT2D eigenvalue weighted by Crippen LogP contribution is -2.64. The number of sulfonamides is 1. The van der Waals surface area contributed by atoms with Gasteiger partial charge in [-0.3, -0.25) is 9.89 Å². The van der Waals surface area contributed by atoms with Gasteiger partial charge >= 0.3 is 0 Å². The minimum absolute atomic E-state index is 0.0368. The van der Waals surface area contributed by atoms with E-state index in [2.05, 4.69) is 14.9 Å². The predicted molar refractivity (Wildman–Crippen MR) is 115 cm³/mol. The Bertz CT molecular complexity index is 1040. The highest BCUT2D eigenvalue weighted by Gasteiger charge is 2.49. The first-order chi connectivity index (χ1) is 14.6. The zero-order chi connectivity index (χ0) is 22.3. The maximum absolute atomic E-state index is 13.0. The maximum Gasteiger partial charge on any atom is 0.271 e. The number of likely N-dealkylation sites (tertiary alicyclic amines) is 1. The zero-order valence-electron chi connectivity index (χ0n) is 17.7. The number of benzene rings is 1. The highest BCUT2D eigenvalue weighted by Crippen LogP contribution is 2.38. The zero-order valence-corrected chi connectivity index (χ0v) is 18.5. The molecule has 9 nitrogen and oxygen atoms in total. The highest BCUT2D eigenvalue weighted by molar-refractivity contribution is 7.88. The van der Waals surface area contributed by atoms with Crippen molar-refractivity contribution in [1.82, 2.24) is 19.8 Å². The minimum Gasteiger partial charge on any atom is -0.386 e. The Morgan fingerprint density at radius 1 is 1.29 bits per heavy atom. The van der Waals surface area contributed by atoms with Crippen LogP contribution in [0.25, 0.3) is 11.3 Å². The van der Waals surface area contributed by atoms with E-state index >= 15 is 0 Å². The fourth-order valence-corrected chi connectivity index (χ4v) is 5.16. The van der Waals surface area contributed by atoms with Crippen LogP contribution < -0.4 is 4.72 Å². The molecule has 2 aliphatic heterocycles.